The van der Waals surface area contributed by atoms with Crippen LogP contribution in [0.4, 0.5) is 0 Å². The normalized spacial score (nSPS) is 14.1. The highest BCUT2D eigenvalue weighted by molar-refractivity contribution is 9.10. The molecule has 0 spiro atoms. The third-order valence-electron chi connectivity index (χ3n) is 4.84. The maximum Gasteiger partial charge on any atom is 0.287 e. The van der Waals surface area contributed by atoms with Crippen molar-refractivity contribution in [2.45, 2.75) is 25.3 Å². The summed E-state index contributed by atoms with van der Waals surface area (Å²) in [5.41, 5.74) is 2.20. The average Bonchev–Trinajstić information content (AvgIpc) is 3.05. The monoisotopic (exact) mass is 455 g/mol. The summed E-state index contributed by atoms with van der Waals surface area (Å²) in [6.45, 7) is 1.27. The first-order valence-electron chi connectivity index (χ1n) is 9.69. The van der Waals surface area contributed by atoms with E-state index < -0.39 is 0 Å². The Hall–Kier alpha value is -2.73. The van der Waals surface area contributed by atoms with E-state index in [2.05, 4.69) is 33.4 Å². The fourth-order valence-corrected chi connectivity index (χ4v) is 3.65. The summed E-state index contributed by atoms with van der Waals surface area (Å²) < 4.78 is 17.5. The fraction of sp³-hybridized carbons (Fsp3) is 0.261. The molecule has 3 aromatic rings. The molecule has 1 aliphatic rings. The van der Waals surface area contributed by atoms with Crippen molar-refractivity contribution in [3.05, 3.63) is 82.2 Å². The van der Waals surface area contributed by atoms with E-state index in [1.807, 2.05) is 36.4 Å². The lowest BCUT2D eigenvalue weighted by Gasteiger charge is -2.20. The molecule has 1 amide bonds. The summed E-state index contributed by atoms with van der Waals surface area (Å²) in [5.74, 6) is 1.49. The minimum absolute atomic E-state index is 0.191. The van der Waals surface area contributed by atoms with Gasteiger partial charge in [-0.05, 0) is 64.2 Å². The minimum Gasteiger partial charge on any atom is -0.490 e. The number of carbonyl (C=O) groups excluding carboxylic acids is 1. The van der Waals surface area contributed by atoms with Gasteiger partial charge >= 0.3 is 0 Å². The molecule has 5 nitrogen and oxygen atoms in total. The lowest BCUT2D eigenvalue weighted by atomic mass is 9.98. The Morgan fingerprint density at radius 3 is 2.55 bits per heavy atom. The first-order valence-corrected chi connectivity index (χ1v) is 10.5. The molecule has 2 aromatic carbocycles. The van der Waals surface area contributed by atoms with Crippen LogP contribution in [-0.2, 0) is 6.42 Å². The molecule has 150 valence electrons. The van der Waals surface area contributed by atoms with Crippen LogP contribution >= 0.6 is 15.9 Å². The van der Waals surface area contributed by atoms with Gasteiger partial charge in [0, 0.05) is 6.42 Å². The highest BCUT2D eigenvalue weighted by Crippen LogP contribution is 2.33. The fourth-order valence-electron chi connectivity index (χ4n) is 3.34. The van der Waals surface area contributed by atoms with Crippen LogP contribution in [0.15, 0.2) is 69.8 Å². The van der Waals surface area contributed by atoms with Crippen molar-refractivity contribution in [2.24, 2.45) is 0 Å². The third-order valence-corrected chi connectivity index (χ3v) is 5.27. The van der Waals surface area contributed by atoms with Gasteiger partial charge in [-0.15, -0.1) is 0 Å². The predicted octanol–water partition coefficient (Wildman–Crippen LogP) is 5.31. The molecule has 4 rings (SSSR count). The quantitative estimate of drug-likeness (QED) is 0.547. The molecule has 0 radical (unpaired) electrons. The molecule has 6 heteroatoms. The van der Waals surface area contributed by atoms with E-state index >= 15 is 0 Å². The largest absolute Gasteiger partial charge is 0.490 e. The van der Waals surface area contributed by atoms with Gasteiger partial charge in [0.05, 0.1) is 19.3 Å². The second-order valence-electron chi connectivity index (χ2n) is 6.91. The van der Waals surface area contributed by atoms with Gasteiger partial charge < -0.3 is 19.2 Å². The zero-order valence-corrected chi connectivity index (χ0v) is 17.5. The number of furan rings is 1. The third kappa shape index (κ3) is 5.01. The van der Waals surface area contributed by atoms with Crippen LogP contribution in [0.3, 0.4) is 0 Å². The smallest absolute Gasteiger partial charge is 0.287 e. The number of rotatable bonds is 6. The van der Waals surface area contributed by atoms with Gasteiger partial charge in [-0.1, -0.05) is 36.4 Å². The molecule has 29 heavy (non-hydrogen) atoms. The van der Waals surface area contributed by atoms with Gasteiger partial charge in [0.25, 0.3) is 5.91 Å². The average molecular weight is 456 g/mol. The molecule has 0 saturated carbocycles. The van der Waals surface area contributed by atoms with Crippen LogP contribution in [-0.4, -0.2) is 19.1 Å². The topological polar surface area (TPSA) is 60.7 Å². The van der Waals surface area contributed by atoms with Crippen LogP contribution in [0.1, 0.15) is 40.6 Å². The van der Waals surface area contributed by atoms with E-state index in [-0.39, 0.29) is 17.7 Å². The number of ether oxygens (including phenoxy) is 2. The van der Waals surface area contributed by atoms with Gasteiger partial charge in [0.1, 0.15) is 0 Å². The van der Waals surface area contributed by atoms with E-state index in [0.717, 1.165) is 36.3 Å². The summed E-state index contributed by atoms with van der Waals surface area (Å²) in [5, 5.41) is 3.11. The highest BCUT2D eigenvalue weighted by Gasteiger charge is 2.20. The molecule has 0 aliphatic carbocycles. The molecule has 1 N–H and O–H groups in total. The van der Waals surface area contributed by atoms with E-state index in [1.54, 1.807) is 12.1 Å². The number of hydrogen-bond donors (Lipinski definition) is 1. The van der Waals surface area contributed by atoms with Gasteiger partial charge in [0.2, 0.25) is 0 Å². The number of benzene rings is 2. The standard InChI is InChI=1S/C23H22BrNO4/c24-22-12-11-20(29-22)23(26)25-18(9-7-16-5-2-1-3-6-16)17-8-10-19-21(15-17)28-14-4-13-27-19/h1-3,5-6,8,10-12,15,18H,4,7,9,13-14H2,(H,25,26). The van der Waals surface area contributed by atoms with Gasteiger partial charge in [-0.25, -0.2) is 0 Å². The Kier molecular flexibility index (Phi) is 6.20. The Morgan fingerprint density at radius 1 is 1.00 bits per heavy atom. The molecule has 0 fully saturated rings. The summed E-state index contributed by atoms with van der Waals surface area (Å²) in [6, 6.07) is 19.3. The van der Waals surface area contributed by atoms with Gasteiger partial charge in [-0.2, -0.15) is 0 Å². The number of fused-ring (bicyclic) bond motifs is 1. The minimum atomic E-state index is -0.249. The summed E-state index contributed by atoms with van der Waals surface area (Å²) in [4.78, 5) is 12.7. The molecule has 0 bridgehead atoms. The Labute approximate surface area is 178 Å². The van der Waals surface area contributed by atoms with Crippen LogP contribution in [0.25, 0.3) is 0 Å². The second kappa shape index (κ2) is 9.18. The zero-order chi connectivity index (χ0) is 20.1. The van der Waals surface area contributed by atoms with Crippen molar-refractivity contribution in [3.63, 3.8) is 0 Å². The second-order valence-corrected chi connectivity index (χ2v) is 7.69. The molecule has 1 aromatic heterocycles. The molecule has 2 heterocycles. The van der Waals surface area contributed by atoms with Crippen LogP contribution in [0, 0.1) is 0 Å². The van der Waals surface area contributed by atoms with E-state index in [0.29, 0.717) is 17.9 Å². The Balaban J connectivity index is 1.56. The van der Waals surface area contributed by atoms with Crippen molar-refractivity contribution in [3.8, 4) is 11.5 Å². The maximum atomic E-state index is 12.7. The van der Waals surface area contributed by atoms with Crippen molar-refractivity contribution in [2.75, 3.05) is 13.2 Å². The van der Waals surface area contributed by atoms with Crippen molar-refractivity contribution in [1.29, 1.82) is 0 Å². The van der Waals surface area contributed by atoms with E-state index in [1.165, 1.54) is 5.56 Å². The van der Waals surface area contributed by atoms with Crippen LogP contribution in [0.5, 0.6) is 11.5 Å². The molecule has 1 unspecified atom stereocenters. The molecule has 0 saturated heterocycles. The lowest BCUT2D eigenvalue weighted by molar-refractivity contribution is 0.0905. The van der Waals surface area contributed by atoms with Crippen molar-refractivity contribution >= 4 is 21.8 Å². The van der Waals surface area contributed by atoms with Crippen molar-refractivity contribution in [1.82, 2.24) is 5.32 Å². The number of aryl methyl sites for hydroxylation is 1. The van der Waals surface area contributed by atoms with Crippen LogP contribution < -0.4 is 14.8 Å². The number of amides is 1. The van der Waals surface area contributed by atoms with E-state index in [4.69, 9.17) is 13.9 Å². The SMILES string of the molecule is O=C(NC(CCc1ccccc1)c1ccc2c(c1)OCCCO2)c1ccc(Br)o1. The highest BCUT2D eigenvalue weighted by atomic mass is 79.9. The summed E-state index contributed by atoms with van der Waals surface area (Å²) in [6.07, 6.45) is 2.44. The van der Waals surface area contributed by atoms with E-state index in [9.17, 15) is 4.79 Å². The number of hydrogen-bond acceptors (Lipinski definition) is 4. The molecular formula is C23H22BrNO4. The Bertz CT molecular complexity index is 970. The molecule has 1 atom stereocenters. The Morgan fingerprint density at radius 2 is 1.79 bits per heavy atom. The van der Waals surface area contributed by atoms with Crippen LogP contribution in [0.2, 0.25) is 0 Å². The maximum absolute atomic E-state index is 12.7. The lowest BCUT2D eigenvalue weighted by Crippen LogP contribution is -2.28. The van der Waals surface area contributed by atoms with Crippen molar-refractivity contribution < 1.29 is 18.7 Å². The number of halogens is 1. The summed E-state index contributed by atoms with van der Waals surface area (Å²) in [7, 11) is 0. The number of nitrogens with one attached hydrogen (secondary N) is 1. The van der Waals surface area contributed by atoms with Gasteiger partial charge in [-0.3, -0.25) is 4.79 Å². The van der Waals surface area contributed by atoms with Gasteiger partial charge in [0.15, 0.2) is 21.9 Å². The first kappa shape index (κ1) is 19.6. The predicted molar refractivity (Wildman–Crippen MR) is 113 cm³/mol. The summed E-state index contributed by atoms with van der Waals surface area (Å²) >= 11 is 3.24. The zero-order valence-electron chi connectivity index (χ0n) is 15.9. The molecular weight excluding hydrogens is 434 g/mol. The first-order chi connectivity index (χ1) is 14.2. The number of carbonyl (C=O) groups is 1. The molecule has 1 aliphatic heterocycles.